The van der Waals surface area contributed by atoms with Crippen molar-refractivity contribution in [2.45, 2.75) is 23.8 Å². The Labute approximate surface area is 152 Å². The summed E-state index contributed by atoms with van der Waals surface area (Å²) in [5.41, 5.74) is 0. The third kappa shape index (κ3) is 4.30. The molecule has 1 atom stereocenters. The van der Waals surface area contributed by atoms with Crippen LogP contribution in [0.1, 0.15) is 12.8 Å². The number of ether oxygens (including phenoxy) is 2. The molecular formula is C14H22BrClN2O4S. The molecule has 23 heavy (non-hydrogen) atoms. The molecule has 0 radical (unpaired) electrons. The Hall–Kier alpha value is -0.540. The van der Waals surface area contributed by atoms with Crippen LogP contribution in [-0.4, -0.2) is 53.1 Å². The monoisotopic (exact) mass is 428 g/mol. The molecule has 1 unspecified atom stereocenters. The number of benzene rings is 1. The fourth-order valence-electron chi connectivity index (χ4n) is 2.57. The smallest absolute Gasteiger partial charge is 0.246 e. The lowest BCUT2D eigenvalue weighted by atomic mass is 10.1. The zero-order chi connectivity index (χ0) is 16.3. The van der Waals surface area contributed by atoms with Crippen molar-refractivity contribution in [2.75, 3.05) is 34.4 Å². The molecule has 2 rings (SSSR count). The molecule has 1 saturated heterocycles. The van der Waals surface area contributed by atoms with Crippen LogP contribution in [-0.2, 0) is 10.0 Å². The minimum Gasteiger partial charge on any atom is -0.496 e. The van der Waals surface area contributed by atoms with E-state index in [0.717, 1.165) is 12.8 Å². The molecule has 1 N–H and O–H groups in total. The van der Waals surface area contributed by atoms with Crippen molar-refractivity contribution in [1.82, 2.24) is 9.62 Å². The third-order valence-electron chi connectivity index (χ3n) is 3.85. The van der Waals surface area contributed by atoms with Gasteiger partial charge in [0.15, 0.2) is 0 Å². The second-order valence-corrected chi connectivity index (χ2v) is 7.89. The summed E-state index contributed by atoms with van der Waals surface area (Å²) in [6.07, 6.45) is 1.81. The maximum absolute atomic E-state index is 13.0. The number of likely N-dealkylation sites (N-methyl/N-ethyl adjacent to an activating group) is 1. The van der Waals surface area contributed by atoms with Gasteiger partial charge in [-0.1, -0.05) is 0 Å². The van der Waals surface area contributed by atoms with E-state index in [0.29, 0.717) is 29.1 Å². The predicted molar refractivity (Wildman–Crippen MR) is 95.3 cm³/mol. The number of sulfonamides is 1. The van der Waals surface area contributed by atoms with Crippen molar-refractivity contribution in [2.24, 2.45) is 0 Å². The summed E-state index contributed by atoms with van der Waals surface area (Å²) >= 11 is 3.34. The van der Waals surface area contributed by atoms with Crippen LogP contribution in [0.3, 0.4) is 0 Å². The van der Waals surface area contributed by atoms with E-state index in [1.165, 1.54) is 24.6 Å². The topological polar surface area (TPSA) is 67.9 Å². The lowest BCUT2D eigenvalue weighted by molar-refractivity contribution is 0.291. The Bertz CT molecular complexity index is 642. The minimum atomic E-state index is -3.63. The zero-order valence-corrected chi connectivity index (χ0v) is 16.6. The first-order chi connectivity index (χ1) is 10.4. The van der Waals surface area contributed by atoms with E-state index in [1.807, 2.05) is 7.05 Å². The van der Waals surface area contributed by atoms with E-state index >= 15 is 0 Å². The number of hydrogen-bond acceptors (Lipinski definition) is 5. The molecule has 1 aromatic carbocycles. The number of hydrogen-bond donors (Lipinski definition) is 1. The minimum absolute atomic E-state index is 0. The molecule has 0 saturated carbocycles. The van der Waals surface area contributed by atoms with E-state index in [-0.39, 0.29) is 23.3 Å². The summed E-state index contributed by atoms with van der Waals surface area (Å²) in [6.45, 7) is 0.975. The van der Waals surface area contributed by atoms with Gasteiger partial charge < -0.3 is 14.8 Å². The van der Waals surface area contributed by atoms with Crippen LogP contribution in [0, 0.1) is 0 Å². The van der Waals surface area contributed by atoms with Crippen LogP contribution in [0.15, 0.2) is 21.5 Å². The first-order valence-electron chi connectivity index (χ1n) is 7.03. The summed E-state index contributed by atoms with van der Waals surface area (Å²) in [7, 11) is 1.18. The van der Waals surface area contributed by atoms with Gasteiger partial charge in [-0.05, 0) is 41.9 Å². The highest BCUT2D eigenvalue weighted by atomic mass is 79.9. The number of rotatable bonds is 5. The van der Waals surface area contributed by atoms with E-state index in [1.54, 1.807) is 6.07 Å². The van der Waals surface area contributed by atoms with Gasteiger partial charge in [0.25, 0.3) is 0 Å². The average Bonchev–Trinajstić information content (AvgIpc) is 2.54. The average molecular weight is 430 g/mol. The van der Waals surface area contributed by atoms with E-state index < -0.39 is 10.0 Å². The van der Waals surface area contributed by atoms with Crippen molar-refractivity contribution >= 4 is 38.4 Å². The summed E-state index contributed by atoms with van der Waals surface area (Å²) in [5.74, 6) is 0.765. The van der Waals surface area contributed by atoms with E-state index in [9.17, 15) is 8.42 Å². The second kappa shape index (κ2) is 8.53. The van der Waals surface area contributed by atoms with Crippen LogP contribution in [0.5, 0.6) is 11.5 Å². The van der Waals surface area contributed by atoms with Gasteiger partial charge in [-0.25, -0.2) is 8.42 Å². The highest BCUT2D eigenvalue weighted by molar-refractivity contribution is 9.10. The van der Waals surface area contributed by atoms with Crippen LogP contribution in [0.25, 0.3) is 0 Å². The molecule has 1 aliphatic heterocycles. The SMILES string of the molecule is CNC1CCCN(S(=O)(=O)c2cc(OC)c(Br)cc2OC)C1.Cl. The molecule has 0 spiro atoms. The van der Waals surface area contributed by atoms with Crippen LogP contribution in [0.2, 0.25) is 0 Å². The summed E-state index contributed by atoms with van der Waals surface area (Å²) in [6, 6.07) is 3.29. The molecular weight excluding hydrogens is 408 g/mol. The van der Waals surface area contributed by atoms with Gasteiger partial charge in [-0.3, -0.25) is 0 Å². The Kier molecular flexibility index (Phi) is 7.60. The van der Waals surface area contributed by atoms with Gasteiger partial charge in [0.1, 0.15) is 16.4 Å². The standard InChI is InChI=1S/C14H21BrN2O4S.ClH/c1-16-10-5-4-6-17(9-10)22(18,19)14-8-12(20-2)11(15)7-13(14)21-3;/h7-8,10,16H,4-6,9H2,1-3H3;1H. The van der Waals surface area contributed by atoms with Gasteiger partial charge >= 0.3 is 0 Å². The number of nitrogens with one attached hydrogen (secondary N) is 1. The normalized spacial score (nSPS) is 19.0. The van der Waals surface area contributed by atoms with E-state index in [2.05, 4.69) is 21.2 Å². The zero-order valence-electron chi connectivity index (χ0n) is 13.3. The van der Waals surface area contributed by atoms with E-state index in [4.69, 9.17) is 9.47 Å². The Morgan fingerprint density at radius 1 is 1.26 bits per heavy atom. The van der Waals surface area contributed by atoms with Crippen molar-refractivity contribution in [3.05, 3.63) is 16.6 Å². The number of halogens is 2. The molecule has 132 valence electrons. The van der Waals surface area contributed by atoms with Crippen molar-refractivity contribution in [3.8, 4) is 11.5 Å². The molecule has 0 aliphatic carbocycles. The Morgan fingerprint density at radius 3 is 2.48 bits per heavy atom. The van der Waals surface area contributed by atoms with Gasteiger partial charge in [-0.15, -0.1) is 12.4 Å². The van der Waals surface area contributed by atoms with Crippen molar-refractivity contribution in [1.29, 1.82) is 0 Å². The summed E-state index contributed by atoms with van der Waals surface area (Å²) in [5, 5.41) is 3.15. The summed E-state index contributed by atoms with van der Waals surface area (Å²) < 4.78 is 38.5. The molecule has 0 bridgehead atoms. The maximum atomic E-state index is 13.0. The number of methoxy groups -OCH3 is 2. The predicted octanol–water partition coefficient (Wildman–Crippen LogP) is 2.26. The molecule has 1 fully saturated rings. The fraction of sp³-hybridized carbons (Fsp3) is 0.571. The molecule has 0 aromatic heterocycles. The van der Waals surface area contributed by atoms with Crippen molar-refractivity contribution in [3.63, 3.8) is 0 Å². The second-order valence-electron chi connectivity index (χ2n) is 5.13. The molecule has 0 amide bonds. The maximum Gasteiger partial charge on any atom is 0.246 e. The number of nitrogens with zero attached hydrogens (tertiary/aromatic N) is 1. The summed E-state index contributed by atoms with van der Waals surface area (Å²) in [4.78, 5) is 0.131. The van der Waals surface area contributed by atoms with Gasteiger partial charge in [0.05, 0.1) is 18.7 Å². The lowest BCUT2D eigenvalue weighted by Crippen LogP contribution is -2.46. The molecule has 1 heterocycles. The largest absolute Gasteiger partial charge is 0.496 e. The first-order valence-corrected chi connectivity index (χ1v) is 9.26. The fourth-order valence-corrected chi connectivity index (χ4v) is 4.73. The molecule has 1 aromatic rings. The van der Waals surface area contributed by atoms with Crippen LogP contribution >= 0.6 is 28.3 Å². The Balaban J connectivity index is 0.00000264. The lowest BCUT2D eigenvalue weighted by Gasteiger charge is -2.32. The Morgan fingerprint density at radius 2 is 1.91 bits per heavy atom. The molecule has 9 heteroatoms. The number of piperidine rings is 1. The van der Waals surface area contributed by atoms with Crippen LogP contribution in [0.4, 0.5) is 0 Å². The van der Waals surface area contributed by atoms with Gasteiger partial charge in [0.2, 0.25) is 10.0 Å². The highest BCUT2D eigenvalue weighted by Crippen LogP contribution is 2.37. The van der Waals surface area contributed by atoms with Gasteiger partial charge in [0, 0.05) is 25.2 Å². The quantitative estimate of drug-likeness (QED) is 0.777. The highest BCUT2D eigenvalue weighted by Gasteiger charge is 2.32. The van der Waals surface area contributed by atoms with Gasteiger partial charge in [-0.2, -0.15) is 4.31 Å². The van der Waals surface area contributed by atoms with Crippen molar-refractivity contribution < 1.29 is 17.9 Å². The molecule has 1 aliphatic rings. The third-order valence-corrected chi connectivity index (χ3v) is 6.35. The first kappa shape index (κ1) is 20.5. The molecule has 6 nitrogen and oxygen atoms in total. The van der Waals surface area contributed by atoms with Crippen LogP contribution < -0.4 is 14.8 Å².